The van der Waals surface area contributed by atoms with Crippen molar-refractivity contribution in [2.24, 2.45) is 5.92 Å². The van der Waals surface area contributed by atoms with Crippen LogP contribution in [0.2, 0.25) is 0 Å². The summed E-state index contributed by atoms with van der Waals surface area (Å²) in [6.45, 7) is 3.35. The van der Waals surface area contributed by atoms with Crippen molar-refractivity contribution in [1.82, 2.24) is 0 Å². The number of carbonyl (C=O) groups is 1. The van der Waals surface area contributed by atoms with E-state index in [1.54, 1.807) is 13.8 Å². The Kier molecular flexibility index (Phi) is 3.29. The van der Waals surface area contributed by atoms with Gasteiger partial charge in [-0.2, -0.15) is 5.26 Å². The summed E-state index contributed by atoms with van der Waals surface area (Å²) in [5, 5.41) is 18.2. The van der Waals surface area contributed by atoms with Crippen LogP contribution in [0.25, 0.3) is 0 Å². The van der Waals surface area contributed by atoms with Gasteiger partial charge in [0, 0.05) is 0 Å². The molecule has 4 heteroatoms. The Morgan fingerprint density at radius 1 is 1.53 bits per heavy atom. The molecule has 0 radical (unpaired) electrons. The average molecular weight is 205 g/mol. The number of nitriles is 1. The Bertz CT molecular complexity index is 418. The number of benzene rings is 1. The first-order valence-corrected chi connectivity index (χ1v) is 4.50. The summed E-state index contributed by atoms with van der Waals surface area (Å²) in [5.41, 5.74) is 0.143. The third-order valence-corrected chi connectivity index (χ3v) is 1.79. The molecule has 0 spiro atoms. The van der Waals surface area contributed by atoms with E-state index in [4.69, 9.17) is 10.00 Å². The van der Waals surface area contributed by atoms with Crippen LogP contribution in [0, 0.1) is 17.2 Å². The highest BCUT2D eigenvalue weighted by Crippen LogP contribution is 2.29. The molecule has 0 bridgehead atoms. The monoisotopic (exact) mass is 205 g/mol. The van der Waals surface area contributed by atoms with E-state index >= 15 is 0 Å². The quantitative estimate of drug-likeness (QED) is 0.590. The number of rotatable bonds is 2. The number of nitrogens with zero attached hydrogens (tertiary/aromatic N) is 1. The van der Waals surface area contributed by atoms with Crippen LogP contribution in [-0.2, 0) is 4.79 Å². The molecule has 1 N–H and O–H groups in total. The molecule has 15 heavy (non-hydrogen) atoms. The average Bonchev–Trinajstić information content (AvgIpc) is 2.20. The predicted molar refractivity (Wildman–Crippen MR) is 53.3 cm³/mol. The lowest BCUT2D eigenvalue weighted by Crippen LogP contribution is -2.15. The lowest BCUT2D eigenvalue weighted by Gasteiger charge is -2.09. The van der Waals surface area contributed by atoms with Gasteiger partial charge in [0.05, 0.1) is 11.5 Å². The number of phenolic OH excluding ortho intramolecular Hbond substituents is 1. The lowest BCUT2D eigenvalue weighted by molar-refractivity contribution is -0.137. The molecule has 0 amide bonds. The highest BCUT2D eigenvalue weighted by molar-refractivity contribution is 5.76. The van der Waals surface area contributed by atoms with Gasteiger partial charge in [0.15, 0.2) is 11.5 Å². The van der Waals surface area contributed by atoms with Crippen LogP contribution in [0.5, 0.6) is 11.5 Å². The molecule has 1 aromatic rings. The normalized spacial score (nSPS) is 9.73. The van der Waals surface area contributed by atoms with Gasteiger partial charge in [0.25, 0.3) is 0 Å². The fourth-order valence-corrected chi connectivity index (χ4v) is 0.939. The number of phenols is 1. The fraction of sp³-hybridized carbons (Fsp3) is 0.273. The van der Waals surface area contributed by atoms with Crippen LogP contribution in [0.15, 0.2) is 18.2 Å². The number of aromatic hydroxyl groups is 1. The van der Waals surface area contributed by atoms with Crippen molar-refractivity contribution in [1.29, 1.82) is 5.26 Å². The van der Waals surface area contributed by atoms with Crippen LogP contribution in [0.3, 0.4) is 0 Å². The van der Waals surface area contributed by atoms with Crippen molar-refractivity contribution in [3.63, 3.8) is 0 Å². The molecule has 0 saturated carbocycles. The zero-order valence-corrected chi connectivity index (χ0v) is 8.52. The van der Waals surface area contributed by atoms with Crippen LogP contribution in [0.1, 0.15) is 19.4 Å². The maximum absolute atomic E-state index is 11.3. The number of para-hydroxylation sites is 1. The molecule has 0 atom stereocenters. The first-order chi connectivity index (χ1) is 7.06. The van der Waals surface area contributed by atoms with Crippen molar-refractivity contribution in [2.45, 2.75) is 13.8 Å². The molecule has 78 valence electrons. The van der Waals surface area contributed by atoms with E-state index in [1.807, 2.05) is 6.07 Å². The SMILES string of the molecule is CC(C)C(=O)Oc1c(O)cccc1C#N. The van der Waals surface area contributed by atoms with E-state index in [1.165, 1.54) is 18.2 Å². The molecule has 4 nitrogen and oxygen atoms in total. The summed E-state index contributed by atoms with van der Waals surface area (Å²) >= 11 is 0. The van der Waals surface area contributed by atoms with Crippen molar-refractivity contribution < 1.29 is 14.6 Å². The number of esters is 1. The van der Waals surface area contributed by atoms with E-state index < -0.39 is 5.97 Å². The van der Waals surface area contributed by atoms with Gasteiger partial charge < -0.3 is 9.84 Å². The van der Waals surface area contributed by atoms with E-state index in [9.17, 15) is 9.90 Å². The second-order valence-electron chi connectivity index (χ2n) is 3.34. The predicted octanol–water partition coefficient (Wildman–Crippen LogP) is 1.83. The highest BCUT2D eigenvalue weighted by Gasteiger charge is 2.15. The Morgan fingerprint density at radius 3 is 2.73 bits per heavy atom. The standard InChI is InChI=1S/C11H11NO3/c1-7(2)11(14)15-10-8(6-12)4-3-5-9(10)13/h3-5,7,13H,1-2H3. The summed E-state index contributed by atoms with van der Waals surface area (Å²) in [5.74, 6) is -1.06. The molecule has 0 aliphatic carbocycles. The summed E-state index contributed by atoms with van der Waals surface area (Å²) in [6.07, 6.45) is 0. The molecule has 0 heterocycles. The maximum atomic E-state index is 11.3. The molecule has 0 saturated heterocycles. The van der Waals surface area contributed by atoms with E-state index in [2.05, 4.69) is 0 Å². The number of ether oxygens (including phenoxy) is 1. The van der Waals surface area contributed by atoms with Gasteiger partial charge in [0.2, 0.25) is 0 Å². The summed E-state index contributed by atoms with van der Waals surface area (Å²) in [6, 6.07) is 6.20. The molecule has 0 aliphatic rings. The Morgan fingerprint density at radius 2 is 2.20 bits per heavy atom. The van der Waals surface area contributed by atoms with E-state index in [0.717, 1.165) is 0 Å². The molecule has 1 aromatic carbocycles. The van der Waals surface area contributed by atoms with Gasteiger partial charge in [0.1, 0.15) is 6.07 Å². The fourth-order valence-electron chi connectivity index (χ4n) is 0.939. The van der Waals surface area contributed by atoms with Crippen LogP contribution < -0.4 is 4.74 Å². The zero-order chi connectivity index (χ0) is 11.4. The second kappa shape index (κ2) is 4.47. The zero-order valence-electron chi connectivity index (χ0n) is 8.52. The van der Waals surface area contributed by atoms with Crippen molar-refractivity contribution in [3.05, 3.63) is 23.8 Å². The minimum absolute atomic E-state index is 0.0706. The molecule has 0 unspecified atom stereocenters. The first kappa shape index (κ1) is 11.1. The Balaban J connectivity index is 3.04. The third-order valence-electron chi connectivity index (χ3n) is 1.79. The van der Waals surface area contributed by atoms with Gasteiger partial charge in [-0.25, -0.2) is 0 Å². The first-order valence-electron chi connectivity index (χ1n) is 4.50. The number of hydrogen-bond acceptors (Lipinski definition) is 4. The van der Waals surface area contributed by atoms with Gasteiger partial charge in [-0.15, -0.1) is 0 Å². The second-order valence-corrected chi connectivity index (χ2v) is 3.34. The van der Waals surface area contributed by atoms with Gasteiger partial charge in [-0.05, 0) is 12.1 Å². The summed E-state index contributed by atoms with van der Waals surface area (Å²) in [4.78, 5) is 11.3. The van der Waals surface area contributed by atoms with Crippen molar-refractivity contribution in [3.8, 4) is 17.6 Å². The Hall–Kier alpha value is -2.02. The minimum atomic E-state index is -0.479. The number of carbonyl (C=O) groups excluding carboxylic acids is 1. The molecule has 0 aliphatic heterocycles. The van der Waals surface area contributed by atoms with Gasteiger partial charge >= 0.3 is 5.97 Å². The number of hydrogen-bond donors (Lipinski definition) is 1. The summed E-state index contributed by atoms with van der Waals surface area (Å²) < 4.78 is 4.92. The van der Waals surface area contributed by atoms with Crippen LogP contribution in [-0.4, -0.2) is 11.1 Å². The topological polar surface area (TPSA) is 70.3 Å². The molecule has 0 fully saturated rings. The Labute approximate surface area is 87.7 Å². The highest BCUT2D eigenvalue weighted by atomic mass is 16.5. The van der Waals surface area contributed by atoms with Crippen molar-refractivity contribution in [2.75, 3.05) is 0 Å². The molecule has 1 rings (SSSR count). The molecular formula is C11H11NO3. The van der Waals surface area contributed by atoms with Gasteiger partial charge in [-0.1, -0.05) is 19.9 Å². The minimum Gasteiger partial charge on any atom is -0.504 e. The molecular weight excluding hydrogens is 194 g/mol. The maximum Gasteiger partial charge on any atom is 0.313 e. The van der Waals surface area contributed by atoms with E-state index in [0.29, 0.717) is 0 Å². The van der Waals surface area contributed by atoms with E-state index in [-0.39, 0.29) is 23.0 Å². The lowest BCUT2D eigenvalue weighted by atomic mass is 10.2. The largest absolute Gasteiger partial charge is 0.504 e. The van der Waals surface area contributed by atoms with Crippen LogP contribution in [0.4, 0.5) is 0 Å². The summed E-state index contributed by atoms with van der Waals surface area (Å²) in [7, 11) is 0. The smallest absolute Gasteiger partial charge is 0.313 e. The third kappa shape index (κ3) is 2.47. The van der Waals surface area contributed by atoms with Crippen LogP contribution >= 0.6 is 0 Å². The molecule has 0 aromatic heterocycles. The van der Waals surface area contributed by atoms with Gasteiger partial charge in [-0.3, -0.25) is 4.79 Å². The van der Waals surface area contributed by atoms with Crippen molar-refractivity contribution >= 4 is 5.97 Å².